The van der Waals surface area contributed by atoms with Crippen LogP contribution in [0.25, 0.3) is 22.3 Å². The second-order valence-corrected chi connectivity index (χ2v) is 16.9. The molecule has 23 heteroatoms. The van der Waals surface area contributed by atoms with Gasteiger partial charge in [-0.15, -0.1) is 0 Å². The number of aliphatic hydroxyl groups excluding tert-OH is 2. The van der Waals surface area contributed by atoms with Crippen molar-refractivity contribution >= 4 is 65.2 Å². The second-order valence-electron chi connectivity index (χ2n) is 11.4. The summed E-state index contributed by atoms with van der Waals surface area (Å²) in [6.07, 6.45) is 0.588. The van der Waals surface area contributed by atoms with Crippen LogP contribution in [-0.2, 0) is 57.6 Å². The highest BCUT2D eigenvalue weighted by molar-refractivity contribution is 8.07. The van der Waals surface area contributed by atoms with Crippen molar-refractivity contribution in [1.82, 2.24) is 39.0 Å². The van der Waals surface area contributed by atoms with Crippen LogP contribution in [0.4, 0.5) is 5.82 Å². The topological polar surface area (TPSA) is 236 Å². The van der Waals surface area contributed by atoms with Crippen LogP contribution in [0, 0.1) is 0 Å². The van der Waals surface area contributed by atoms with Gasteiger partial charge in [0.15, 0.2) is 35.1 Å². The van der Waals surface area contributed by atoms with E-state index in [1.165, 1.54) is 34.4 Å². The molecule has 4 aromatic rings. The minimum atomic E-state index is -4.15. The molecule has 3 fully saturated rings. The molecule has 10 unspecified atom stereocenters. The number of hydrogen-bond donors (Lipinski definition) is 5. The van der Waals surface area contributed by atoms with E-state index in [0.29, 0.717) is 53.2 Å². The van der Waals surface area contributed by atoms with E-state index in [1.54, 1.807) is 0 Å². The van der Waals surface area contributed by atoms with Gasteiger partial charge >= 0.3 is 13.4 Å². The summed E-state index contributed by atoms with van der Waals surface area (Å²) in [6, 6.07) is 0. The highest BCUT2D eigenvalue weighted by Crippen LogP contribution is 2.54. The Morgan fingerprint density at radius 1 is 0.750 bits per heavy atom. The average Bonchev–Trinajstić information content (AvgIpc) is 3.81. The Morgan fingerprint density at radius 3 is 1.94 bits per heavy atom. The van der Waals surface area contributed by atoms with Crippen LogP contribution >= 0.6 is 13.4 Å². The quantitative estimate of drug-likeness (QED) is 0.121. The number of allylic oxidation sites excluding steroid dienone is 1. The molecule has 19 nitrogen and oxygen atoms in total. The van der Waals surface area contributed by atoms with E-state index in [1.807, 2.05) is 12.2 Å². The molecule has 0 amide bonds. The van der Waals surface area contributed by atoms with Crippen LogP contribution in [0.2, 0.25) is 0 Å². The maximum atomic E-state index is 11.4. The number of hydrogen-bond acceptors (Lipinski definition) is 17. The Balaban J connectivity index is 1.25. The van der Waals surface area contributed by atoms with Crippen LogP contribution in [0.5, 0.6) is 0 Å². The van der Waals surface area contributed by atoms with Gasteiger partial charge in [-0.05, 0) is 36.5 Å². The van der Waals surface area contributed by atoms with Gasteiger partial charge in [-0.3, -0.25) is 18.2 Å². The minimum Gasteiger partial charge on any atom is -0.387 e. The fourth-order valence-corrected chi connectivity index (χ4v) is 8.93. The van der Waals surface area contributed by atoms with Gasteiger partial charge in [0.25, 0.3) is 0 Å². The summed E-state index contributed by atoms with van der Waals surface area (Å²) in [4.78, 5) is 48.9. The van der Waals surface area contributed by atoms with Gasteiger partial charge in [0, 0.05) is 6.54 Å². The van der Waals surface area contributed by atoms with Crippen molar-refractivity contribution in [3.63, 3.8) is 0 Å². The Morgan fingerprint density at radius 2 is 1.31 bits per heavy atom. The summed E-state index contributed by atoms with van der Waals surface area (Å²) in [5.41, 5.74) is 2.28. The number of aromatic nitrogens is 8. The van der Waals surface area contributed by atoms with Crippen molar-refractivity contribution in [2.75, 3.05) is 25.1 Å². The first-order valence-corrected chi connectivity index (χ1v) is 20.0. The standard InChI is InChI=1S/C25H29N9O10P2S2/c35-17-13-6-39-46(38,48)44-20-18(36)14-7-40-45(37,47)43-19(17)24(41-13)33-10-31-15-12(27-8-29-22(15)33)4-2-1-3-5-26-21-16-23(30-9-28-21)34(11-32-16)25(20)42-14/h1,3,8-11,13-14,17-20,24-25,35-36H,2,4-7H2,(H,37,47)(H,38,48)(H,26,28,30). The Hall–Kier alpha value is -2.46. The van der Waals surface area contributed by atoms with Crippen LogP contribution in [0.1, 0.15) is 24.6 Å². The number of anilines is 1. The number of ether oxygens (including phenoxy) is 2. The van der Waals surface area contributed by atoms with Crippen molar-refractivity contribution in [3.05, 3.63) is 43.2 Å². The van der Waals surface area contributed by atoms with Gasteiger partial charge in [-0.2, -0.15) is 0 Å². The lowest BCUT2D eigenvalue weighted by atomic mass is 10.1. The maximum absolute atomic E-state index is 11.4. The van der Waals surface area contributed by atoms with Gasteiger partial charge < -0.3 is 43.8 Å². The van der Waals surface area contributed by atoms with E-state index in [2.05, 4.69) is 35.2 Å². The molecule has 10 atom stereocenters. The summed E-state index contributed by atoms with van der Waals surface area (Å²) < 4.78 is 38.5. The first-order chi connectivity index (χ1) is 23.1. The maximum Gasteiger partial charge on any atom is 0.325 e. The number of aliphatic hydroxyl groups is 2. The highest BCUT2D eigenvalue weighted by atomic mass is 32.5. The first kappa shape index (κ1) is 32.7. The lowest BCUT2D eigenvalue weighted by molar-refractivity contribution is -0.0615. The van der Waals surface area contributed by atoms with E-state index >= 15 is 0 Å². The van der Waals surface area contributed by atoms with Crippen molar-refractivity contribution < 1.29 is 47.6 Å². The molecule has 5 aliphatic heterocycles. The number of rotatable bonds is 0. The first-order valence-electron chi connectivity index (χ1n) is 14.8. The Bertz CT molecular complexity index is 1850. The van der Waals surface area contributed by atoms with Gasteiger partial charge in [0.05, 0.1) is 31.6 Å². The third kappa shape index (κ3) is 6.01. The fourth-order valence-electron chi connectivity index (χ4n) is 6.10. The van der Waals surface area contributed by atoms with Gasteiger partial charge in [-0.1, -0.05) is 12.2 Å². The average molecular weight is 742 g/mol. The molecule has 5 N–H and O–H groups in total. The van der Waals surface area contributed by atoms with Crippen molar-refractivity contribution in [1.29, 1.82) is 0 Å². The molecular formula is C25H29N9O10P2S2. The van der Waals surface area contributed by atoms with Crippen molar-refractivity contribution in [3.8, 4) is 0 Å². The lowest BCUT2D eigenvalue weighted by Crippen LogP contribution is -2.38. The van der Waals surface area contributed by atoms with Crippen LogP contribution in [-0.4, -0.2) is 115 Å². The predicted molar refractivity (Wildman–Crippen MR) is 171 cm³/mol. The molecule has 256 valence electrons. The van der Waals surface area contributed by atoms with Crippen molar-refractivity contribution in [2.45, 2.75) is 61.9 Å². The van der Waals surface area contributed by atoms with Crippen LogP contribution in [0.3, 0.4) is 0 Å². The predicted octanol–water partition coefficient (Wildman–Crippen LogP) is 0.348. The monoisotopic (exact) mass is 741 g/mol. The Labute approximate surface area is 281 Å². The molecule has 14 bridgehead atoms. The van der Waals surface area contributed by atoms with E-state index in [-0.39, 0.29) is 0 Å². The second kappa shape index (κ2) is 12.7. The zero-order valence-electron chi connectivity index (χ0n) is 24.6. The number of aryl methyl sites for hydroxylation is 1. The smallest absolute Gasteiger partial charge is 0.325 e. The largest absolute Gasteiger partial charge is 0.387 e. The number of nitrogens with zero attached hydrogens (tertiary/aromatic N) is 8. The lowest BCUT2D eigenvalue weighted by Gasteiger charge is -2.28. The molecule has 0 saturated carbocycles. The molecule has 0 spiro atoms. The molecule has 9 rings (SSSR count). The molecule has 4 aromatic heterocycles. The Kier molecular flexibility index (Phi) is 8.66. The number of fused-ring (bicyclic) bond motifs is 10. The SMILES string of the molecule is OC1C2COP(O)(=S)OC3C(O)C4COP(O)(=S)OC1C(O2)n1cnc2c(ncnc21)CCC=CCNc1ncnc2c1ncn2C3O4. The zero-order valence-corrected chi connectivity index (χ0v) is 28.1. The minimum absolute atomic E-state index is 0.328. The van der Waals surface area contributed by atoms with Crippen molar-refractivity contribution in [2.24, 2.45) is 0 Å². The van der Waals surface area contributed by atoms with E-state index in [9.17, 15) is 20.0 Å². The third-order valence-electron chi connectivity index (χ3n) is 8.38. The van der Waals surface area contributed by atoms with Gasteiger partial charge in [0.1, 0.15) is 54.8 Å². The van der Waals surface area contributed by atoms with E-state index in [0.717, 1.165) is 0 Å². The normalized spacial score (nSPS) is 37.5. The number of nitrogens with one attached hydrogen (secondary N) is 1. The zero-order chi connectivity index (χ0) is 33.2. The van der Waals surface area contributed by atoms with Crippen LogP contribution < -0.4 is 5.32 Å². The summed E-state index contributed by atoms with van der Waals surface area (Å²) >= 11 is 10.7. The van der Waals surface area contributed by atoms with Gasteiger partial charge in [-0.25, -0.2) is 29.9 Å². The van der Waals surface area contributed by atoms with E-state index in [4.69, 9.17) is 51.2 Å². The highest BCUT2D eigenvalue weighted by Gasteiger charge is 2.52. The molecule has 0 aliphatic carbocycles. The molecule has 3 saturated heterocycles. The summed E-state index contributed by atoms with van der Waals surface area (Å²) in [6.45, 7) is -8.79. The van der Waals surface area contributed by atoms with Gasteiger partial charge in [0.2, 0.25) is 0 Å². The molecule has 9 heterocycles. The summed E-state index contributed by atoms with van der Waals surface area (Å²) in [7, 11) is 0. The fraction of sp³-hybridized carbons (Fsp3) is 0.520. The molecular weight excluding hydrogens is 712 g/mol. The van der Waals surface area contributed by atoms with E-state index < -0.39 is 75.7 Å². The summed E-state index contributed by atoms with van der Waals surface area (Å²) in [5, 5.41) is 26.0. The molecule has 5 aliphatic rings. The third-order valence-corrected chi connectivity index (χ3v) is 11.5. The number of imidazole rings is 2. The molecule has 0 radical (unpaired) electrons. The van der Waals surface area contributed by atoms with Crippen LogP contribution in [0.15, 0.2) is 37.5 Å². The molecule has 48 heavy (non-hydrogen) atoms. The summed E-state index contributed by atoms with van der Waals surface area (Å²) in [5.74, 6) is 0.444. The molecule has 0 aromatic carbocycles.